The minimum Gasteiger partial charge on any atom is -0.356 e. The Kier molecular flexibility index (Phi) is 5.39. The van der Waals surface area contributed by atoms with Crippen LogP contribution in [0.2, 0.25) is 5.02 Å². The zero-order chi connectivity index (χ0) is 15.2. The zero-order valence-corrected chi connectivity index (χ0v) is 13.0. The van der Waals surface area contributed by atoms with E-state index in [4.69, 9.17) is 16.1 Å². The van der Waals surface area contributed by atoms with Crippen molar-refractivity contribution in [2.45, 2.75) is 26.7 Å². The van der Waals surface area contributed by atoms with Crippen LogP contribution in [0.4, 0.5) is 0 Å². The number of aromatic nitrogens is 1. The quantitative estimate of drug-likeness (QED) is 0.885. The molecular formula is C16H19ClN2O2. The van der Waals surface area contributed by atoms with E-state index in [1.165, 1.54) is 0 Å². The molecule has 1 heterocycles. The van der Waals surface area contributed by atoms with Crippen LogP contribution in [0.25, 0.3) is 11.3 Å². The Labute approximate surface area is 129 Å². The lowest BCUT2D eigenvalue weighted by Crippen LogP contribution is -2.26. The molecule has 0 bridgehead atoms. The number of nitrogens with one attached hydrogen (secondary N) is 1. The van der Waals surface area contributed by atoms with Crippen molar-refractivity contribution in [1.82, 2.24) is 10.5 Å². The van der Waals surface area contributed by atoms with Crippen LogP contribution in [0.5, 0.6) is 0 Å². The number of rotatable bonds is 6. The number of amides is 1. The van der Waals surface area contributed by atoms with Crippen molar-refractivity contribution in [2.75, 3.05) is 6.54 Å². The van der Waals surface area contributed by atoms with Gasteiger partial charge in [0.15, 0.2) is 5.76 Å². The Morgan fingerprint density at radius 2 is 2.05 bits per heavy atom. The molecular weight excluding hydrogens is 288 g/mol. The molecule has 0 spiro atoms. The molecule has 0 saturated carbocycles. The Balaban J connectivity index is 1.91. The molecule has 0 aliphatic carbocycles. The Hall–Kier alpha value is -1.81. The molecule has 1 aromatic heterocycles. The summed E-state index contributed by atoms with van der Waals surface area (Å²) in [6.45, 7) is 4.95. The minimum atomic E-state index is -0.0355. The van der Waals surface area contributed by atoms with Crippen LogP contribution in [-0.2, 0) is 11.2 Å². The number of hydrogen-bond acceptors (Lipinski definition) is 3. The molecule has 0 saturated heterocycles. The zero-order valence-electron chi connectivity index (χ0n) is 12.2. The molecule has 0 radical (unpaired) electrons. The van der Waals surface area contributed by atoms with Gasteiger partial charge in [0.25, 0.3) is 0 Å². The largest absolute Gasteiger partial charge is 0.356 e. The summed E-state index contributed by atoms with van der Waals surface area (Å²) in [6.07, 6.45) is 1.20. The van der Waals surface area contributed by atoms with Crippen molar-refractivity contribution >= 4 is 17.5 Å². The third kappa shape index (κ3) is 4.90. The van der Waals surface area contributed by atoms with Gasteiger partial charge in [0.1, 0.15) is 0 Å². The van der Waals surface area contributed by atoms with Crippen molar-refractivity contribution in [3.8, 4) is 11.3 Å². The molecule has 4 nitrogen and oxygen atoms in total. The highest BCUT2D eigenvalue weighted by Gasteiger charge is 2.10. The molecule has 0 atom stereocenters. The lowest BCUT2D eigenvalue weighted by Gasteiger charge is -2.05. The van der Waals surface area contributed by atoms with E-state index in [0.29, 0.717) is 28.9 Å². The second-order valence-electron chi connectivity index (χ2n) is 5.40. The molecule has 2 aromatic rings. The molecule has 2 rings (SSSR count). The molecule has 0 unspecified atom stereocenters. The Morgan fingerprint density at radius 3 is 2.71 bits per heavy atom. The Bertz CT molecular complexity index is 591. The molecule has 21 heavy (non-hydrogen) atoms. The first kappa shape index (κ1) is 15.6. The van der Waals surface area contributed by atoms with Crippen LogP contribution >= 0.6 is 11.6 Å². The van der Waals surface area contributed by atoms with Gasteiger partial charge in [0.05, 0.1) is 12.1 Å². The van der Waals surface area contributed by atoms with Gasteiger partial charge in [-0.1, -0.05) is 30.6 Å². The van der Waals surface area contributed by atoms with Crippen molar-refractivity contribution in [1.29, 1.82) is 0 Å². The van der Waals surface area contributed by atoms with Crippen LogP contribution < -0.4 is 5.32 Å². The fourth-order valence-electron chi connectivity index (χ4n) is 1.87. The summed E-state index contributed by atoms with van der Waals surface area (Å²) < 4.78 is 5.26. The van der Waals surface area contributed by atoms with Crippen LogP contribution in [-0.4, -0.2) is 17.6 Å². The highest BCUT2D eigenvalue weighted by molar-refractivity contribution is 6.30. The van der Waals surface area contributed by atoms with E-state index in [-0.39, 0.29) is 12.3 Å². The summed E-state index contributed by atoms with van der Waals surface area (Å²) in [5.74, 6) is 1.18. The fourth-order valence-corrected chi connectivity index (χ4v) is 2.00. The van der Waals surface area contributed by atoms with Gasteiger partial charge in [-0.15, -0.1) is 0 Å². The van der Waals surface area contributed by atoms with Gasteiger partial charge in [-0.2, -0.15) is 0 Å². The molecule has 5 heteroatoms. The van der Waals surface area contributed by atoms with Gasteiger partial charge >= 0.3 is 0 Å². The maximum absolute atomic E-state index is 11.8. The third-order valence-corrected chi connectivity index (χ3v) is 3.33. The predicted octanol–water partition coefficient (Wildman–Crippen LogP) is 3.70. The molecule has 1 N–H and O–H groups in total. The number of benzene rings is 1. The van der Waals surface area contributed by atoms with Crippen molar-refractivity contribution in [3.63, 3.8) is 0 Å². The van der Waals surface area contributed by atoms with Crippen LogP contribution in [0.1, 0.15) is 26.0 Å². The summed E-state index contributed by atoms with van der Waals surface area (Å²) in [5, 5.41) is 7.48. The second-order valence-corrected chi connectivity index (χ2v) is 5.84. The van der Waals surface area contributed by atoms with E-state index < -0.39 is 0 Å². The summed E-state index contributed by atoms with van der Waals surface area (Å²) in [6, 6.07) is 9.07. The molecule has 0 fully saturated rings. The summed E-state index contributed by atoms with van der Waals surface area (Å²) in [7, 11) is 0. The maximum atomic E-state index is 11.8. The van der Waals surface area contributed by atoms with Crippen molar-refractivity contribution < 1.29 is 9.32 Å². The molecule has 0 aliphatic rings. The smallest absolute Gasteiger partial charge is 0.226 e. The molecule has 112 valence electrons. The predicted molar refractivity (Wildman–Crippen MR) is 83.1 cm³/mol. The van der Waals surface area contributed by atoms with Crippen LogP contribution in [0, 0.1) is 5.92 Å². The number of nitrogens with zero attached hydrogens (tertiary/aromatic N) is 1. The highest BCUT2D eigenvalue weighted by Crippen LogP contribution is 2.22. The van der Waals surface area contributed by atoms with E-state index in [0.717, 1.165) is 12.0 Å². The standard InChI is InChI=1S/C16H19ClN2O2/c1-11(2)7-8-18-16(20)10-14-9-15(21-19-14)12-3-5-13(17)6-4-12/h3-6,9,11H,7-8,10H2,1-2H3,(H,18,20). The monoisotopic (exact) mass is 306 g/mol. The van der Waals surface area contributed by atoms with Crippen molar-refractivity contribution in [3.05, 3.63) is 41.0 Å². The van der Waals surface area contributed by atoms with Gasteiger partial charge in [-0.05, 0) is 36.6 Å². The number of hydrogen-bond donors (Lipinski definition) is 1. The first-order valence-electron chi connectivity index (χ1n) is 7.03. The number of carbonyl (C=O) groups is 1. The lowest BCUT2D eigenvalue weighted by atomic mass is 10.1. The second kappa shape index (κ2) is 7.27. The molecule has 1 amide bonds. The first-order valence-corrected chi connectivity index (χ1v) is 7.40. The van der Waals surface area contributed by atoms with E-state index in [2.05, 4.69) is 24.3 Å². The van der Waals surface area contributed by atoms with Gasteiger partial charge in [-0.3, -0.25) is 4.79 Å². The average molecular weight is 307 g/mol. The number of halogens is 1. The molecule has 1 aromatic carbocycles. The number of carbonyl (C=O) groups excluding carboxylic acids is 1. The normalized spacial score (nSPS) is 10.9. The lowest BCUT2D eigenvalue weighted by molar-refractivity contribution is -0.120. The summed E-state index contributed by atoms with van der Waals surface area (Å²) in [4.78, 5) is 11.8. The molecule has 0 aliphatic heterocycles. The third-order valence-electron chi connectivity index (χ3n) is 3.07. The van der Waals surface area contributed by atoms with Crippen LogP contribution in [0.15, 0.2) is 34.9 Å². The van der Waals surface area contributed by atoms with E-state index in [1.54, 1.807) is 18.2 Å². The van der Waals surface area contributed by atoms with Crippen molar-refractivity contribution in [2.24, 2.45) is 5.92 Å². The van der Waals surface area contributed by atoms with Gasteiger partial charge < -0.3 is 9.84 Å². The summed E-state index contributed by atoms with van der Waals surface area (Å²) in [5.41, 5.74) is 1.51. The summed E-state index contributed by atoms with van der Waals surface area (Å²) >= 11 is 5.84. The van der Waals surface area contributed by atoms with Gasteiger partial charge in [0.2, 0.25) is 5.91 Å². The SMILES string of the molecule is CC(C)CCNC(=O)Cc1cc(-c2ccc(Cl)cc2)on1. The van der Waals surface area contributed by atoms with Gasteiger partial charge in [0, 0.05) is 23.2 Å². The minimum absolute atomic E-state index is 0.0355. The van der Waals surface area contributed by atoms with E-state index in [1.807, 2.05) is 12.1 Å². The van der Waals surface area contributed by atoms with Crippen LogP contribution in [0.3, 0.4) is 0 Å². The van der Waals surface area contributed by atoms with E-state index in [9.17, 15) is 4.79 Å². The topological polar surface area (TPSA) is 55.1 Å². The van der Waals surface area contributed by atoms with E-state index >= 15 is 0 Å². The van der Waals surface area contributed by atoms with Gasteiger partial charge in [-0.25, -0.2) is 0 Å². The highest BCUT2D eigenvalue weighted by atomic mass is 35.5. The maximum Gasteiger partial charge on any atom is 0.226 e. The Morgan fingerprint density at radius 1 is 1.33 bits per heavy atom. The average Bonchev–Trinajstić information content (AvgIpc) is 2.87. The fraction of sp³-hybridized carbons (Fsp3) is 0.375. The first-order chi connectivity index (χ1) is 10.0.